The summed E-state index contributed by atoms with van der Waals surface area (Å²) in [5.74, 6) is 4.22. The van der Waals surface area contributed by atoms with Crippen molar-refractivity contribution >= 4 is 11.6 Å². The van der Waals surface area contributed by atoms with Crippen LogP contribution in [0.3, 0.4) is 0 Å². The molecule has 2 aliphatic heterocycles. The Morgan fingerprint density at radius 3 is 2.82 bits per heavy atom. The molecule has 4 fully saturated rings. The summed E-state index contributed by atoms with van der Waals surface area (Å²) in [6.07, 6.45) is 12.0. The van der Waals surface area contributed by atoms with Crippen LogP contribution in [-0.2, 0) is 4.74 Å². The highest BCUT2D eigenvalue weighted by molar-refractivity contribution is 6.18. The average molecular weight is 474 g/mol. The molecule has 0 radical (unpaired) electrons. The van der Waals surface area contributed by atoms with E-state index in [0.717, 1.165) is 43.6 Å². The van der Waals surface area contributed by atoms with Crippen LogP contribution in [0.25, 0.3) is 0 Å². The Balaban J connectivity index is 1.33. The zero-order chi connectivity index (χ0) is 23.1. The maximum atomic E-state index is 10.3. The van der Waals surface area contributed by atoms with Crippen LogP contribution in [-0.4, -0.2) is 52.8 Å². The summed E-state index contributed by atoms with van der Waals surface area (Å²) in [4.78, 5) is 2.66. The zero-order valence-electron chi connectivity index (χ0n) is 21.2. The van der Waals surface area contributed by atoms with Crippen LogP contribution in [0.15, 0.2) is 22.8 Å². The molecule has 6 aliphatic rings. The lowest BCUT2D eigenvalue weighted by Crippen LogP contribution is -2.52. The molecule has 184 valence electrons. The van der Waals surface area contributed by atoms with Gasteiger partial charge in [-0.2, -0.15) is 0 Å². The average Bonchev–Trinajstić information content (AvgIpc) is 3.29. The molecule has 0 aromatic rings. The van der Waals surface area contributed by atoms with Gasteiger partial charge in [0.1, 0.15) is 0 Å². The molecule has 1 N–H and O–H groups in total. The molecule has 0 aromatic carbocycles. The van der Waals surface area contributed by atoms with Crippen LogP contribution in [0, 0.1) is 35.0 Å². The molecule has 2 saturated heterocycles. The number of fused-ring (bicyclic) bond motifs is 6. The van der Waals surface area contributed by atoms with Crippen molar-refractivity contribution in [2.24, 2.45) is 35.0 Å². The Kier molecular flexibility index (Phi) is 5.65. The minimum Gasteiger partial charge on any atom is -0.393 e. The largest absolute Gasteiger partial charge is 0.393 e. The topological polar surface area (TPSA) is 32.7 Å². The molecule has 33 heavy (non-hydrogen) atoms. The number of piperidine rings is 1. The fourth-order valence-corrected chi connectivity index (χ4v) is 10.0. The highest BCUT2D eigenvalue weighted by Crippen LogP contribution is 2.65. The van der Waals surface area contributed by atoms with Crippen molar-refractivity contribution in [2.45, 2.75) is 103 Å². The molecule has 3 nitrogen and oxygen atoms in total. The molecule has 2 saturated carbocycles. The number of halogens is 1. The summed E-state index contributed by atoms with van der Waals surface area (Å²) in [5, 5.41) is 10.3. The number of likely N-dealkylation sites (tertiary alicyclic amines) is 1. The summed E-state index contributed by atoms with van der Waals surface area (Å²) in [5.41, 5.74) is 5.16. The number of allylic oxidation sites excluding steroid dienone is 2. The van der Waals surface area contributed by atoms with E-state index in [0.29, 0.717) is 35.3 Å². The number of aliphatic hydroxyl groups is 1. The number of hydrogen-bond acceptors (Lipinski definition) is 3. The summed E-state index contributed by atoms with van der Waals surface area (Å²) in [6, 6.07) is 0.515. The lowest BCUT2D eigenvalue weighted by molar-refractivity contribution is -0.0643. The van der Waals surface area contributed by atoms with Gasteiger partial charge in [-0.05, 0) is 93.0 Å². The second-order valence-electron chi connectivity index (χ2n) is 12.9. The number of aliphatic hydroxyl groups excluding tert-OH is 1. The van der Waals surface area contributed by atoms with Crippen LogP contribution >= 0.6 is 11.6 Å². The molecule has 2 heterocycles. The van der Waals surface area contributed by atoms with E-state index in [1.54, 1.807) is 16.7 Å². The molecule has 6 rings (SSSR count). The van der Waals surface area contributed by atoms with Crippen LogP contribution in [0.1, 0.15) is 79.1 Å². The van der Waals surface area contributed by atoms with Crippen molar-refractivity contribution in [3.05, 3.63) is 22.8 Å². The summed E-state index contributed by atoms with van der Waals surface area (Å²) >= 11 is 6.24. The Morgan fingerprint density at radius 1 is 1.21 bits per heavy atom. The fraction of sp³-hybridized carbons (Fsp3) is 0.862. The van der Waals surface area contributed by atoms with Crippen LogP contribution in [0.5, 0.6) is 0 Å². The van der Waals surface area contributed by atoms with Crippen LogP contribution in [0.4, 0.5) is 0 Å². The first-order valence-corrected chi connectivity index (χ1v) is 14.4. The van der Waals surface area contributed by atoms with Gasteiger partial charge in [-0.25, -0.2) is 0 Å². The minimum atomic E-state index is -0.122. The van der Waals surface area contributed by atoms with Crippen LogP contribution < -0.4 is 0 Å². The predicted molar refractivity (Wildman–Crippen MR) is 134 cm³/mol. The highest BCUT2D eigenvalue weighted by atomic mass is 35.5. The van der Waals surface area contributed by atoms with Gasteiger partial charge in [0.2, 0.25) is 0 Å². The van der Waals surface area contributed by atoms with Gasteiger partial charge in [0.25, 0.3) is 0 Å². The molecule has 10 atom stereocenters. The molecule has 4 aliphatic carbocycles. The molecule has 0 bridgehead atoms. The molecular weight excluding hydrogens is 430 g/mol. The van der Waals surface area contributed by atoms with Gasteiger partial charge in [0, 0.05) is 30.9 Å². The standard InChI is InChI=1S/C29H44ClNO2/c1-17-13-26-27(31(16-17)12-11-30)19(3)29(33-26)10-8-22-23-6-5-20-14-21(32)7-9-28(20,4)25(23)15-24(22)18(29)2/h5,17,19,21-23,25-27,32H,6-16H2,1-4H3/t17?,19-,21+,22+,23?,25+,26-,27+,28?,29+/m1/s1. The first-order chi connectivity index (χ1) is 15.8. The van der Waals surface area contributed by atoms with E-state index < -0.39 is 0 Å². The lowest BCUT2D eigenvalue weighted by atomic mass is 9.56. The smallest absolute Gasteiger partial charge is 0.0937 e. The van der Waals surface area contributed by atoms with Gasteiger partial charge in [0.15, 0.2) is 0 Å². The first-order valence-electron chi connectivity index (χ1n) is 13.8. The number of hydrogen-bond donors (Lipinski definition) is 1. The third-order valence-electron chi connectivity index (χ3n) is 11.5. The van der Waals surface area contributed by atoms with Gasteiger partial charge < -0.3 is 9.84 Å². The van der Waals surface area contributed by atoms with Gasteiger partial charge in [0.05, 0.1) is 17.8 Å². The van der Waals surface area contributed by atoms with Gasteiger partial charge >= 0.3 is 0 Å². The Morgan fingerprint density at radius 2 is 2.03 bits per heavy atom. The fourth-order valence-electron chi connectivity index (χ4n) is 9.83. The van der Waals surface area contributed by atoms with Crippen molar-refractivity contribution in [2.75, 3.05) is 19.0 Å². The molecular formula is C29H44ClNO2. The zero-order valence-corrected chi connectivity index (χ0v) is 21.9. The first kappa shape index (κ1) is 23.1. The minimum absolute atomic E-state index is 0.0663. The number of ether oxygens (including phenoxy) is 1. The third-order valence-corrected chi connectivity index (χ3v) is 11.6. The molecule has 1 spiro atoms. The quantitative estimate of drug-likeness (QED) is 0.397. The third kappa shape index (κ3) is 3.24. The SMILES string of the molecule is CC1=C2C[C@H]3C(CC=C4C[C@@H](O)CCC43C)[C@@H]2CC[C@]12O[C@@H]1CC(C)CN(CCCl)[C@H]1[C@H]2C. The number of nitrogens with zero attached hydrogens (tertiary/aromatic N) is 1. The van der Waals surface area contributed by atoms with E-state index in [4.69, 9.17) is 16.3 Å². The maximum absolute atomic E-state index is 10.3. The maximum Gasteiger partial charge on any atom is 0.0937 e. The van der Waals surface area contributed by atoms with Crippen LogP contribution in [0.2, 0.25) is 0 Å². The van der Waals surface area contributed by atoms with Crippen molar-refractivity contribution in [3.63, 3.8) is 0 Å². The van der Waals surface area contributed by atoms with Gasteiger partial charge in [-0.3, -0.25) is 4.90 Å². The Bertz CT molecular complexity index is 868. The van der Waals surface area contributed by atoms with Gasteiger partial charge in [-0.1, -0.05) is 38.0 Å². The van der Waals surface area contributed by atoms with E-state index in [1.807, 2.05) is 0 Å². The van der Waals surface area contributed by atoms with Gasteiger partial charge in [-0.15, -0.1) is 11.6 Å². The normalized spacial score (nSPS) is 51.8. The van der Waals surface area contributed by atoms with Crippen molar-refractivity contribution < 1.29 is 9.84 Å². The Labute approximate surface area is 206 Å². The van der Waals surface area contributed by atoms with Crippen molar-refractivity contribution in [3.8, 4) is 0 Å². The van der Waals surface area contributed by atoms with E-state index >= 15 is 0 Å². The van der Waals surface area contributed by atoms with Crippen molar-refractivity contribution in [1.82, 2.24) is 4.90 Å². The predicted octanol–water partition coefficient (Wildman–Crippen LogP) is 5.95. The lowest BCUT2D eigenvalue weighted by Gasteiger charge is -2.49. The number of alkyl halides is 1. The monoisotopic (exact) mass is 473 g/mol. The second-order valence-corrected chi connectivity index (χ2v) is 13.3. The Hall–Kier alpha value is -0.350. The number of rotatable bonds is 2. The van der Waals surface area contributed by atoms with E-state index in [2.05, 4.69) is 38.7 Å². The molecule has 0 aromatic heterocycles. The molecule has 0 amide bonds. The van der Waals surface area contributed by atoms with E-state index in [1.165, 1.54) is 38.6 Å². The van der Waals surface area contributed by atoms with E-state index in [9.17, 15) is 5.11 Å². The summed E-state index contributed by atoms with van der Waals surface area (Å²) in [7, 11) is 0. The highest BCUT2D eigenvalue weighted by Gasteiger charge is 2.61. The van der Waals surface area contributed by atoms with Crippen molar-refractivity contribution in [1.29, 1.82) is 0 Å². The second kappa shape index (κ2) is 8.08. The summed E-state index contributed by atoms with van der Waals surface area (Å²) < 4.78 is 7.18. The molecule has 3 unspecified atom stereocenters. The van der Waals surface area contributed by atoms with E-state index in [-0.39, 0.29) is 11.7 Å². The molecule has 4 heteroatoms. The summed E-state index contributed by atoms with van der Waals surface area (Å²) in [6.45, 7) is 12.0.